The molecule has 1 unspecified atom stereocenters. The zero-order valence-electron chi connectivity index (χ0n) is 7.08. The molecule has 0 radical (unpaired) electrons. The first-order valence-electron chi connectivity index (χ1n) is 3.86. The maximum absolute atomic E-state index is 13.3. The molecule has 0 bridgehead atoms. The topological polar surface area (TPSA) is 57.5 Å². The monoisotopic (exact) mass is 262 g/mol. The van der Waals surface area contributed by atoms with Crippen LogP contribution in [0.25, 0.3) is 0 Å². The second-order valence-corrected chi connectivity index (χ2v) is 3.63. The average Bonchev–Trinajstić information content (AvgIpc) is 2.12. The lowest BCUT2D eigenvalue weighted by Gasteiger charge is -2.07. The van der Waals surface area contributed by atoms with E-state index in [-0.39, 0.29) is 16.5 Å². The maximum atomic E-state index is 13.3. The lowest BCUT2D eigenvalue weighted by molar-refractivity contribution is -0.146. The number of aliphatic hydroxyl groups is 1. The molecule has 0 aliphatic rings. The Kier molecular flexibility index (Phi) is 3.60. The first kappa shape index (κ1) is 11.1. The van der Waals surface area contributed by atoms with Crippen LogP contribution in [0.5, 0.6) is 0 Å². The minimum Gasteiger partial charge on any atom is -0.479 e. The van der Waals surface area contributed by atoms with Gasteiger partial charge in [-0.3, -0.25) is 0 Å². The minimum atomic E-state index is -1.57. The Morgan fingerprint density at radius 2 is 2.21 bits per heavy atom. The van der Waals surface area contributed by atoms with Crippen LogP contribution in [0.2, 0.25) is 0 Å². The first-order valence-corrected chi connectivity index (χ1v) is 4.65. The fraction of sp³-hybridized carbons (Fsp3) is 0.222. The highest BCUT2D eigenvalue weighted by molar-refractivity contribution is 9.10. The molecule has 0 aliphatic carbocycles. The molecule has 3 nitrogen and oxygen atoms in total. The van der Waals surface area contributed by atoms with Gasteiger partial charge >= 0.3 is 5.97 Å². The molecular weight excluding hydrogens is 255 g/mol. The third-order valence-electron chi connectivity index (χ3n) is 1.73. The van der Waals surface area contributed by atoms with Crippen LogP contribution in [-0.2, 0) is 11.2 Å². The molecule has 2 N–H and O–H groups in total. The minimum absolute atomic E-state index is 0.175. The van der Waals surface area contributed by atoms with Gasteiger partial charge in [0.05, 0.1) is 4.47 Å². The van der Waals surface area contributed by atoms with E-state index in [1.807, 2.05) is 0 Å². The second kappa shape index (κ2) is 4.52. The smallest absolute Gasteiger partial charge is 0.332 e. The molecule has 0 saturated carbocycles. The van der Waals surface area contributed by atoms with Crippen molar-refractivity contribution in [3.63, 3.8) is 0 Å². The van der Waals surface area contributed by atoms with Gasteiger partial charge in [0.1, 0.15) is 5.82 Å². The fourth-order valence-corrected chi connectivity index (χ4v) is 1.41. The molecule has 0 heterocycles. The van der Waals surface area contributed by atoms with Crippen molar-refractivity contribution in [1.29, 1.82) is 0 Å². The van der Waals surface area contributed by atoms with Crippen molar-refractivity contribution < 1.29 is 19.4 Å². The van der Waals surface area contributed by atoms with Crippen molar-refractivity contribution in [1.82, 2.24) is 0 Å². The number of halogens is 2. The van der Waals surface area contributed by atoms with E-state index in [0.717, 1.165) is 0 Å². The number of carboxylic acids is 1. The van der Waals surface area contributed by atoms with Crippen LogP contribution < -0.4 is 0 Å². The third kappa shape index (κ3) is 2.52. The molecule has 0 amide bonds. The van der Waals surface area contributed by atoms with Crippen LogP contribution in [0.4, 0.5) is 4.39 Å². The normalized spacial score (nSPS) is 12.5. The fourth-order valence-electron chi connectivity index (χ4n) is 1.00. The average molecular weight is 263 g/mol. The summed E-state index contributed by atoms with van der Waals surface area (Å²) in [5, 5.41) is 17.4. The first-order chi connectivity index (χ1) is 6.52. The van der Waals surface area contributed by atoms with Gasteiger partial charge in [-0.25, -0.2) is 9.18 Å². The number of hydrogen-bond donors (Lipinski definition) is 2. The molecule has 1 atom stereocenters. The number of carbonyl (C=O) groups is 1. The molecule has 0 saturated heterocycles. The summed E-state index contributed by atoms with van der Waals surface area (Å²) in [5.74, 6) is -1.89. The van der Waals surface area contributed by atoms with Crippen LogP contribution in [-0.4, -0.2) is 22.3 Å². The number of hydrogen-bond acceptors (Lipinski definition) is 2. The predicted octanol–water partition coefficient (Wildman–Crippen LogP) is 1.58. The second-order valence-electron chi connectivity index (χ2n) is 2.77. The quantitative estimate of drug-likeness (QED) is 0.870. The lowest BCUT2D eigenvalue weighted by atomic mass is 10.1. The van der Waals surface area contributed by atoms with Crippen molar-refractivity contribution in [2.75, 3.05) is 0 Å². The van der Waals surface area contributed by atoms with Gasteiger partial charge in [0, 0.05) is 6.42 Å². The Morgan fingerprint density at radius 3 is 2.79 bits per heavy atom. The summed E-state index contributed by atoms with van der Waals surface area (Å²) < 4.78 is 13.5. The molecule has 0 aromatic heterocycles. The molecule has 76 valence electrons. The summed E-state index contributed by atoms with van der Waals surface area (Å²) in [4.78, 5) is 10.3. The van der Waals surface area contributed by atoms with Crippen molar-refractivity contribution in [3.8, 4) is 0 Å². The maximum Gasteiger partial charge on any atom is 0.332 e. The van der Waals surface area contributed by atoms with Crippen LogP contribution >= 0.6 is 15.9 Å². The Balaban J connectivity index is 2.87. The van der Waals surface area contributed by atoms with Gasteiger partial charge in [0.2, 0.25) is 0 Å². The van der Waals surface area contributed by atoms with Crippen LogP contribution in [0.3, 0.4) is 0 Å². The molecule has 5 heteroatoms. The number of benzene rings is 1. The summed E-state index contributed by atoms with van der Waals surface area (Å²) >= 11 is 2.97. The molecule has 14 heavy (non-hydrogen) atoms. The zero-order chi connectivity index (χ0) is 10.7. The van der Waals surface area contributed by atoms with Crippen molar-refractivity contribution in [3.05, 3.63) is 34.1 Å². The van der Waals surface area contributed by atoms with Gasteiger partial charge in [-0.05, 0) is 27.6 Å². The number of carboxylic acid groups (broad SMARTS) is 1. The molecule has 1 aromatic rings. The highest BCUT2D eigenvalue weighted by atomic mass is 79.9. The van der Waals surface area contributed by atoms with Crippen molar-refractivity contribution in [2.45, 2.75) is 12.5 Å². The summed E-state index contributed by atoms with van der Waals surface area (Å²) in [5.41, 5.74) is 0.175. The van der Waals surface area contributed by atoms with Crippen LogP contribution in [0.15, 0.2) is 22.7 Å². The standard InChI is InChI=1S/C9H8BrFO3/c10-6-3-1-2-5(8(6)11)4-7(12)9(13)14/h1-3,7,12H,4H2,(H,13,14). The summed E-state index contributed by atoms with van der Waals surface area (Å²) in [6.45, 7) is 0. The summed E-state index contributed by atoms with van der Waals surface area (Å²) in [6.07, 6.45) is -1.81. The van der Waals surface area contributed by atoms with Gasteiger partial charge in [-0.15, -0.1) is 0 Å². The lowest BCUT2D eigenvalue weighted by Crippen LogP contribution is -2.22. The van der Waals surface area contributed by atoms with E-state index in [0.29, 0.717) is 0 Å². The number of aliphatic carboxylic acids is 1. The van der Waals surface area contributed by atoms with E-state index in [9.17, 15) is 9.18 Å². The summed E-state index contributed by atoms with van der Waals surface area (Å²) in [7, 11) is 0. The van der Waals surface area contributed by atoms with Crippen LogP contribution in [0.1, 0.15) is 5.56 Å². The third-order valence-corrected chi connectivity index (χ3v) is 2.34. The van der Waals surface area contributed by atoms with E-state index in [1.165, 1.54) is 12.1 Å². The Hall–Kier alpha value is -0.940. The van der Waals surface area contributed by atoms with Gasteiger partial charge in [-0.2, -0.15) is 0 Å². The van der Waals surface area contributed by atoms with Crippen molar-refractivity contribution in [2.24, 2.45) is 0 Å². The van der Waals surface area contributed by atoms with Gasteiger partial charge in [0.25, 0.3) is 0 Å². The molecule has 1 rings (SSSR count). The molecule has 0 aliphatic heterocycles. The highest BCUT2D eigenvalue weighted by Crippen LogP contribution is 2.19. The van der Waals surface area contributed by atoms with Crippen LogP contribution in [0, 0.1) is 5.82 Å². The number of rotatable bonds is 3. The van der Waals surface area contributed by atoms with E-state index in [1.54, 1.807) is 6.07 Å². The Morgan fingerprint density at radius 1 is 1.57 bits per heavy atom. The highest BCUT2D eigenvalue weighted by Gasteiger charge is 2.16. The predicted molar refractivity (Wildman–Crippen MR) is 51.4 cm³/mol. The number of aliphatic hydroxyl groups excluding tert-OH is 1. The van der Waals surface area contributed by atoms with Crippen molar-refractivity contribution >= 4 is 21.9 Å². The zero-order valence-corrected chi connectivity index (χ0v) is 8.66. The summed E-state index contributed by atoms with van der Waals surface area (Å²) in [6, 6.07) is 4.52. The van der Waals surface area contributed by atoms with Gasteiger partial charge < -0.3 is 10.2 Å². The molecule has 1 aromatic carbocycles. The van der Waals surface area contributed by atoms with E-state index < -0.39 is 17.9 Å². The molecule has 0 fully saturated rings. The molecular formula is C9H8BrFO3. The SMILES string of the molecule is O=C(O)C(O)Cc1cccc(Br)c1F. The van der Waals surface area contributed by atoms with E-state index >= 15 is 0 Å². The van der Waals surface area contributed by atoms with Gasteiger partial charge in [0.15, 0.2) is 6.10 Å². The molecule has 0 spiro atoms. The Bertz CT molecular complexity index is 354. The van der Waals surface area contributed by atoms with E-state index in [4.69, 9.17) is 10.2 Å². The Labute approximate surface area is 88.3 Å². The van der Waals surface area contributed by atoms with E-state index in [2.05, 4.69) is 15.9 Å². The van der Waals surface area contributed by atoms with Gasteiger partial charge in [-0.1, -0.05) is 12.1 Å². The largest absolute Gasteiger partial charge is 0.479 e.